The van der Waals surface area contributed by atoms with Crippen LogP contribution in [-0.2, 0) is 0 Å². The fraction of sp³-hybridized carbons (Fsp3) is 0.750. The molecule has 1 aliphatic heterocycles. The minimum absolute atomic E-state index is 0. The smallest absolute Gasteiger partial charge is 0.206 e. The summed E-state index contributed by atoms with van der Waals surface area (Å²) in [5.74, 6) is 5.74. The number of hydrogen-bond acceptors (Lipinski definition) is 4. The second-order valence-electron chi connectivity index (χ2n) is 1.88. The molecule has 0 saturated carbocycles. The van der Waals surface area contributed by atoms with E-state index < -0.39 is 0 Å². The number of nitrogens with one attached hydrogen (secondary N) is 2. The van der Waals surface area contributed by atoms with E-state index in [4.69, 9.17) is 5.84 Å². The van der Waals surface area contributed by atoms with Gasteiger partial charge in [-0.1, -0.05) is 0 Å². The Bertz CT molecular complexity index is 116. The van der Waals surface area contributed by atoms with Gasteiger partial charge in [-0.15, -0.1) is 24.8 Å². The Labute approximate surface area is 72.4 Å². The minimum atomic E-state index is 0. The van der Waals surface area contributed by atoms with Crippen LogP contribution >= 0.6 is 24.8 Å². The van der Waals surface area contributed by atoms with Gasteiger partial charge in [0.05, 0.1) is 6.54 Å². The second kappa shape index (κ2) is 5.58. The average molecular weight is 187 g/mol. The normalized spacial score (nSPS) is 21.4. The van der Waals surface area contributed by atoms with Crippen LogP contribution in [0.3, 0.4) is 0 Å². The third-order valence-corrected chi connectivity index (χ3v) is 1.04. The summed E-state index contributed by atoms with van der Waals surface area (Å²) >= 11 is 0. The standard InChI is InChI=1S/C4H10N4.2ClH/c1-3-2-6-4(7-3)8-5;;/h3H,2,5H2,1H3,(H2,6,7,8);2*1H. The van der Waals surface area contributed by atoms with E-state index in [0.29, 0.717) is 12.0 Å². The third-order valence-electron chi connectivity index (χ3n) is 1.04. The van der Waals surface area contributed by atoms with E-state index in [-0.39, 0.29) is 24.8 Å². The van der Waals surface area contributed by atoms with E-state index in [2.05, 4.69) is 15.7 Å². The van der Waals surface area contributed by atoms with Gasteiger partial charge in [0.1, 0.15) is 0 Å². The molecule has 4 N–H and O–H groups in total. The molecule has 1 atom stereocenters. The van der Waals surface area contributed by atoms with Crippen LogP contribution in [0.2, 0.25) is 0 Å². The van der Waals surface area contributed by atoms with Crippen molar-refractivity contribution in [2.75, 3.05) is 6.54 Å². The SMILES string of the molecule is CC1CN=C(NN)N1.Cl.Cl. The maximum absolute atomic E-state index is 5.05. The number of nitrogens with two attached hydrogens (primary N) is 1. The van der Waals surface area contributed by atoms with Crippen molar-refractivity contribution >= 4 is 30.8 Å². The minimum Gasteiger partial charge on any atom is -0.351 e. The molecule has 0 aromatic carbocycles. The van der Waals surface area contributed by atoms with Gasteiger partial charge < -0.3 is 5.32 Å². The van der Waals surface area contributed by atoms with Crippen LogP contribution in [-0.4, -0.2) is 18.5 Å². The number of hydrazine groups is 1. The lowest BCUT2D eigenvalue weighted by Crippen LogP contribution is -2.41. The van der Waals surface area contributed by atoms with E-state index in [1.165, 1.54) is 0 Å². The Kier molecular flexibility index (Phi) is 6.97. The maximum Gasteiger partial charge on any atom is 0.206 e. The average Bonchev–Trinajstić information content (AvgIpc) is 2.14. The number of rotatable bonds is 0. The molecule has 1 rings (SSSR count). The number of nitrogens with zero attached hydrogens (tertiary/aromatic N) is 1. The molecule has 0 aliphatic carbocycles. The fourth-order valence-electron chi connectivity index (χ4n) is 0.640. The molecule has 1 heterocycles. The van der Waals surface area contributed by atoms with Gasteiger partial charge in [-0.2, -0.15) is 0 Å². The number of hydrogen-bond donors (Lipinski definition) is 3. The fourth-order valence-corrected chi connectivity index (χ4v) is 0.640. The van der Waals surface area contributed by atoms with Gasteiger partial charge in [-0.05, 0) is 6.92 Å². The Morgan fingerprint density at radius 1 is 1.70 bits per heavy atom. The van der Waals surface area contributed by atoms with Gasteiger partial charge in [0, 0.05) is 6.04 Å². The summed E-state index contributed by atoms with van der Waals surface area (Å²) in [5.41, 5.74) is 2.43. The first kappa shape index (κ1) is 12.5. The van der Waals surface area contributed by atoms with E-state index in [9.17, 15) is 0 Å². The van der Waals surface area contributed by atoms with Gasteiger partial charge in [0.15, 0.2) is 0 Å². The molecule has 0 amide bonds. The van der Waals surface area contributed by atoms with Gasteiger partial charge in [0.2, 0.25) is 5.96 Å². The van der Waals surface area contributed by atoms with Crippen molar-refractivity contribution in [3.8, 4) is 0 Å². The highest BCUT2D eigenvalue weighted by Gasteiger charge is 2.09. The maximum atomic E-state index is 5.05. The van der Waals surface area contributed by atoms with Crippen molar-refractivity contribution in [1.29, 1.82) is 0 Å². The zero-order valence-electron chi connectivity index (χ0n) is 5.63. The number of halogens is 2. The molecule has 0 spiro atoms. The Balaban J connectivity index is 0. The molecule has 62 valence electrons. The topological polar surface area (TPSA) is 62.4 Å². The van der Waals surface area contributed by atoms with E-state index in [0.717, 1.165) is 6.54 Å². The summed E-state index contributed by atoms with van der Waals surface area (Å²) in [6.45, 7) is 2.87. The van der Waals surface area contributed by atoms with Gasteiger partial charge in [0.25, 0.3) is 0 Å². The summed E-state index contributed by atoms with van der Waals surface area (Å²) in [5, 5.41) is 3.02. The predicted molar refractivity (Wildman–Crippen MR) is 46.7 cm³/mol. The van der Waals surface area contributed by atoms with Crippen molar-refractivity contribution in [1.82, 2.24) is 10.7 Å². The zero-order valence-corrected chi connectivity index (χ0v) is 7.26. The quantitative estimate of drug-likeness (QED) is 0.358. The Morgan fingerprint density at radius 3 is 2.50 bits per heavy atom. The van der Waals surface area contributed by atoms with E-state index in [1.807, 2.05) is 6.92 Å². The molecule has 0 saturated heterocycles. The summed E-state index contributed by atoms with van der Waals surface area (Å²) < 4.78 is 0. The first-order valence-electron chi connectivity index (χ1n) is 2.60. The predicted octanol–water partition coefficient (Wildman–Crippen LogP) is -0.359. The lowest BCUT2D eigenvalue weighted by molar-refractivity contribution is 0.716. The largest absolute Gasteiger partial charge is 0.351 e. The molecule has 0 fully saturated rings. The van der Waals surface area contributed by atoms with Crippen molar-refractivity contribution < 1.29 is 0 Å². The van der Waals surface area contributed by atoms with Gasteiger partial charge in [-0.25, -0.2) is 5.84 Å². The molecule has 6 heteroatoms. The van der Waals surface area contributed by atoms with Crippen molar-refractivity contribution in [2.45, 2.75) is 13.0 Å². The lowest BCUT2D eigenvalue weighted by atomic mass is 10.4. The summed E-state index contributed by atoms with van der Waals surface area (Å²) in [7, 11) is 0. The first-order valence-corrected chi connectivity index (χ1v) is 2.60. The second-order valence-corrected chi connectivity index (χ2v) is 1.88. The van der Waals surface area contributed by atoms with Crippen molar-refractivity contribution in [2.24, 2.45) is 10.8 Å². The molecule has 0 aromatic heterocycles. The molecular formula is C4H12Cl2N4. The highest BCUT2D eigenvalue weighted by Crippen LogP contribution is 1.89. The highest BCUT2D eigenvalue weighted by molar-refractivity contribution is 5.85. The highest BCUT2D eigenvalue weighted by atomic mass is 35.5. The summed E-state index contributed by atoms with van der Waals surface area (Å²) in [4.78, 5) is 4.00. The molecule has 4 nitrogen and oxygen atoms in total. The first-order chi connectivity index (χ1) is 3.83. The number of aliphatic imine (C=N–C) groups is 1. The van der Waals surface area contributed by atoms with Crippen LogP contribution < -0.4 is 16.6 Å². The number of guanidine groups is 1. The molecule has 0 bridgehead atoms. The van der Waals surface area contributed by atoms with Crippen LogP contribution in [0.4, 0.5) is 0 Å². The van der Waals surface area contributed by atoms with Crippen LogP contribution in [0.15, 0.2) is 4.99 Å². The van der Waals surface area contributed by atoms with E-state index in [1.54, 1.807) is 0 Å². The molecule has 10 heavy (non-hydrogen) atoms. The zero-order chi connectivity index (χ0) is 5.98. The molecule has 1 unspecified atom stereocenters. The molecule has 0 aromatic rings. The monoisotopic (exact) mass is 186 g/mol. The van der Waals surface area contributed by atoms with Crippen molar-refractivity contribution in [3.05, 3.63) is 0 Å². The van der Waals surface area contributed by atoms with Crippen LogP contribution in [0, 0.1) is 0 Å². The third kappa shape index (κ3) is 3.10. The van der Waals surface area contributed by atoms with Gasteiger partial charge >= 0.3 is 0 Å². The summed E-state index contributed by atoms with van der Waals surface area (Å²) in [6.07, 6.45) is 0. The Hall–Kier alpha value is -0.190. The Morgan fingerprint density at radius 2 is 2.30 bits per heavy atom. The van der Waals surface area contributed by atoms with E-state index >= 15 is 0 Å². The molecule has 0 radical (unpaired) electrons. The van der Waals surface area contributed by atoms with Crippen molar-refractivity contribution in [3.63, 3.8) is 0 Å². The van der Waals surface area contributed by atoms with Crippen LogP contribution in [0.5, 0.6) is 0 Å². The molecule has 1 aliphatic rings. The van der Waals surface area contributed by atoms with Crippen LogP contribution in [0.1, 0.15) is 6.92 Å². The van der Waals surface area contributed by atoms with Crippen LogP contribution in [0.25, 0.3) is 0 Å². The molecular weight excluding hydrogens is 175 g/mol. The lowest BCUT2D eigenvalue weighted by Gasteiger charge is -2.02. The van der Waals surface area contributed by atoms with Gasteiger partial charge in [-0.3, -0.25) is 10.4 Å². The summed E-state index contributed by atoms with van der Waals surface area (Å²) in [6, 6.07) is 0.432.